The molecule has 0 amide bonds. The van der Waals surface area contributed by atoms with Crippen LogP contribution in [-0.2, 0) is 6.42 Å². The summed E-state index contributed by atoms with van der Waals surface area (Å²) in [5.41, 5.74) is 0.927. The zero-order chi connectivity index (χ0) is 11.5. The largest absolute Gasteiger partial charge is 0.317 e. The molecule has 0 radical (unpaired) electrons. The predicted molar refractivity (Wildman–Crippen MR) is 60.6 cm³/mol. The van der Waals surface area contributed by atoms with Crippen LogP contribution < -0.4 is 5.32 Å². The minimum absolute atomic E-state index is 0.0350. The zero-order valence-electron chi connectivity index (χ0n) is 9.52. The van der Waals surface area contributed by atoms with E-state index in [-0.39, 0.29) is 17.6 Å². The van der Waals surface area contributed by atoms with Crippen LogP contribution in [0.4, 0.5) is 8.78 Å². The number of halogens is 2. The van der Waals surface area contributed by atoms with Gasteiger partial charge in [-0.25, -0.2) is 8.78 Å². The van der Waals surface area contributed by atoms with Crippen LogP contribution in [0.15, 0.2) is 12.1 Å². The lowest BCUT2D eigenvalue weighted by Gasteiger charge is -2.24. The Balaban J connectivity index is 2.37. The van der Waals surface area contributed by atoms with Crippen molar-refractivity contribution < 1.29 is 8.78 Å². The van der Waals surface area contributed by atoms with E-state index in [9.17, 15) is 8.78 Å². The van der Waals surface area contributed by atoms with E-state index in [1.165, 1.54) is 6.07 Å². The molecule has 3 heteroatoms. The van der Waals surface area contributed by atoms with E-state index in [0.29, 0.717) is 17.5 Å². The Morgan fingerprint density at radius 3 is 2.56 bits per heavy atom. The molecule has 0 atom stereocenters. The van der Waals surface area contributed by atoms with Crippen molar-refractivity contribution in [1.82, 2.24) is 5.32 Å². The normalized spacial score (nSPS) is 17.7. The van der Waals surface area contributed by atoms with Gasteiger partial charge in [0.15, 0.2) is 0 Å². The summed E-state index contributed by atoms with van der Waals surface area (Å²) in [5, 5.41) is 3.21. The van der Waals surface area contributed by atoms with Crippen molar-refractivity contribution in [2.45, 2.75) is 32.1 Å². The molecule has 1 aliphatic heterocycles. The van der Waals surface area contributed by atoms with Gasteiger partial charge in [-0.3, -0.25) is 0 Å². The SMILES string of the molecule is CCc1ccc(F)c(C2CCNCC2)c1F. The van der Waals surface area contributed by atoms with E-state index < -0.39 is 0 Å². The Kier molecular flexibility index (Phi) is 3.54. The topological polar surface area (TPSA) is 12.0 Å². The lowest BCUT2D eigenvalue weighted by molar-refractivity contribution is 0.424. The van der Waals surface area contributed by atoms with Gasteiger partial charge in [0.25, 0.3) is 0 Å². The first kappa shape index (κ1) is 11.5. The molecule has 1 aromatic rings. The molecule has 1 aliphatic rings. The van der Waals surface area contributed by atoms with Crippen LogP contribution in [0.2, 0.25) is 0 Å². The fourth-order valence-corrected chi connectivity index (χ4v) is 2.37. The zero-order valence-corrected chi connectivity index (χ0v) is 9.52. The van der Waals surface area contributed by atoms with Crippen LogP contribution in [0.5, 0.6) is 0 Å². The molecule has 1 fully saturated rings. The van der Waals surface area contributed by atoms with Crippen molar-refractivity contribution in [1.29, 1.82) is 0 Å². The molecular formula is C13H17F2N. The Morgan fingerprint density at radius 2 is 1.94 bits per heavy atom. The van der Waals surface area contributed by atoms with Crippen LogP contribution in [0.3, 0.4) is 0 Å². The lowest BCUT2D eigenvalue weighted by atomic mass is 9.88. The molecule has 1 aromatic carbocycles. The number of aryl methyl sites for hydroxylation is 1. The maximum absolute atomic E-state index is 14.1. The Hall–Kier alpha value is -0.960. The molecule has 0 unspecified atom stereocenters. The summed E-state index contributed by atoms with van der Waals surface area (Å²) in [6, 6.07) is 2.95. The molecule has 16 heavy (non-hydrogen) atoms. The average molecular weight is 225 g/mol. The smallest absolute Gasteiger partial charge is 0.132 e. The lowest BCUT2D eigenvalue weighted by Crippen LogP contribution is -2.27. The van der Waals surface area contributed by atoms with Crippen molar-refractivity contribution in [3.05, 3.63) is 34.9 Å². The third-order valence-electron chi connectivity index (χ3n) is 3.33. The first-order valence-electron chi connectivity index (χ1n) is 5.91. The van der Waals surface area contributed by atoms with Gasteiger partial charge in [0.2, 0.25) is 0 Å². The van der Waals surface area contributed by atoms with Gasteiger partial charge < -0.3 is 5.32 Å². The van der Waals surface area contributed by atoms with Crippen molar-refractivity contribution in [2.24, 2.45) is 0 Å². The van der Waals surface area contributed by atoms with Gasteiger partial charge in [0, 0.05) is 5.56 Å². The second-order valence-electron chi connectivity index (χ2n) is 4.31. The fourth-order valence-electron chi connectivity index (χ4n) is 2.37. The van der Waals surface area contributed by atoms with Crippen molar-refractivity contribution >= 4 is 0 Å². The molecule has 2 rings (SSSR count). The highest BCUT2D eigenvalue weighted by atomic mass is 19.1. The molecule has 88 valence electrons. The highest BCUT2D eigenvalue weighted by molar-refractivity contribution is 5.30. The van der Waals surface area contributed by atoms with Gasteiger partial charge in [-0.1, -0.05) is 13.0 Å². The van der Waals surface area contributed by atoms with Gasteiger partial charge in [0.05, 0.1) is 0 Å². The quantitative estimate of drug-likeness (QED) is 0.816. The summed E-state index contributed by atoms with van der Waals surface area (Å²) < 4.78 is 27.7. The van der Waals surface area contributed by atoms with Crippen LogP contribution >= 0.6 is 0 Å². The maximum Gasteiger partial charge on any atom is 0.132 e. The summed E-state index contributed by atoms with van der Waals surface area (Å²) in [6.07, 6.45) is 2.26. The highest BCUT2D eigenvalue weighted by Crippen LogP contribution is 2.31. The van der Waals surface area contributed by atoms with Crippen LogP contribution in [0.25, 0.3) is 0 Å². The standard InChI is InChI=1S/C13H17F2N/c1-2-9-3-4-11(14)12(13(9)15)10-5-7-16-8-6-10/h3-4,10,16H,2,5-8H2,1H3. The summed E-state index contributed by atoms with van der Waals surface area (Å²) in [6.45, 7) is 3.59. The van der Waals surface area contributed by atoms with E-state index in [0.717, 1.165) is 25.9 Å². The van der Waals surface area contributed by atoms with Crippen molar-refractivity contribution in [3.8, 4) is 0 Å². The maximum atomic E-state index is 14.1. The average Bonchev–Trinajstić information content (AvgIpc) is 2.31. The second kappa shape index (κ2) is 4.91. The molecule has 0 saturated carbocycles. The van der Waals surface area contributed by atoms with Crippen LogP contribution in [0, 0.1) is 11.6 Å². The molecule has 1 heterocycles. The summed E-state index contributed by atoms with van der Waals surface area (Å²) >= 11 is 0. The number of hydrogen-bond acceptors (Lipinski definition) is 1. The Morgan fingerprint density at radius 1 is 1.25 bits per heavy atom. The Bertz CT molecular complexity index is 370. The molecule has 1 N–H and O–H groups in total. The highest BCUT2D eigenvalue weighted by Gasteiger charge is 2.23. The first-order chi connectivity index (χ1) is 7.74. The third kappa shape index (κ3) is 2.09. The fraction of sp³-hybridized carbons (Fsp3) is 0.538. The molecular weight excluding hydrogens is 208 g/mol. The van der Waals surface area contributed by atoms with Gasteiger partial charge >= 0.3 is 0 Å². The van der Waals surface area contributed by atoms with Gasteiger partial charge in [-0.05, 0) is 49.9 Å². The van der Waals surface area contributed by atoms with E-state index in [2.05, 4.69) is 5.32 Å². The molecule has 1 nitrogen and oxygen atoms in total. The van der Waals surface area contributed by atoms with Gasteiger partial charge in [-0.2, -0.15) is 0 Å². The van der Waals surface area contributed by atoms with E-state index >= 15 is 0 Å². The number of rotatable bonds is 2. The molecule has 1 saturated heterocycles. The number of piperidine rings is 1. The number of nitrogens with one attached hydrogen (secondary N) is 1. The van der Waals surface area contributed by atoms with Gasteiger partial charge in [0.1, 0.15) is 11.6 Å². The minimum atomic E-state index is -0.387. The van der Waals surface area contributed by atoms with E-state index in [1.54, 1.807) is 6.07 Å². The summed E-state index contributed by atoms with van der Waals surface area (Å²) in [5.74, 6) is -0.677. The first-order valence-corrected chi connectivity index (χ1v) is 5.91. The number of benzene rings is 1. The minimum Gasteiger partial charge on any atom is -0.317 e. The summed E-state index contributed by atoms with van der Waals surface area (Å²) in [7, 11) is 0. The van der Waals surface area contributed by atoms with E-state index in [1.807, 2.05) is 6.92 Å². The summed E-state index contributed by atoms with van der Waals surface area (Å²) in [4.78, 5) is 0. The molecule has 0 spiro atoms. The second-order valence-corrected chi connectivity index (χ2v) is 4.31. The van der Waals surface area contributed by atoms with Crippen LogP contribution in [-0.4, -0.2) is 13.1 Å². The van der Waals surface area contributed by atoms with Crippen molar-refractivity contribution in [3.63, 3.8) is 0 Å². The number of hydrogen-bond donors (Lipinski definition) is 1. The van der Waals surface area contributed by atoms with E-state index in [4.69, 9.17) is 0 Å². The molecule has 0 bridgehead atoms. The van der Waals surface area contributed by atoms with Gasteiger partial charge in [-0.15, -0.1) is 0 Å². The predicted octanol–water partition coefficient (Wildman–Crippen LogP) is 2.99. The Labute approximate surface area is 94.9 Å². The monoisotopic (exact) mass is 225 g/mol. The van der Waals surface area contributed by atoms with Crippen molar-refractivity contribution in [2.75, 3.05) is 13.1 Å². The van der Waals surface area contributed by atoms with Crippen LogP contribution in [0.1, 0.15) is 36.8 Å². The molecule has 0 aliphatic carbocycles. The molecule has 0 aromatic heterocycles. The third-order valence-corrected chi connectivity index (χ3v) is 3.33.